The number of rotatable bonds is 7. The lowest BCUT2D eigenvalue weighted by atomic mass is 9.49. The maximum absolute atomic E-state index is 13.6. The average Bonchev–Trinajstić information content (AvgIpc) is 2.80. The molecule has 7 aliphatic carbocycles. The van der Waals surface area contributed by atoms with Crippen LogP contribution in [0.1, 0.15) is 87.7 Å². The lowest BCUT2D eigenvalue weighted by Gasteiger charge is -2.57. The summed E-state index contributed by atoms with van der Waals surface area (Å²) in [6.45, 7) is 2.54. The molecule has 0 spiro atoms. The molecule has 6 nitrogen and oxygen atoms in total. The normalized spacial score (nSPS) is 38.3. The maximum Gasteiger partial charge on any atom is 0.310 e. The van der Waals surface area contributed by atoms with Crippen molar-refractivity contribution in [2.24, 2.45) is 35.0 Å². The molecule has 5 fully saturated rings. The summed E-state index contributed by atoms with van der Waals surface area (Å²) in [4.78, 5) is 39.7. The summed E-state index contributed by atoms with van der Waals surface area (Å²) >= 11 is 0. The fourth-order valence-corrected chi connectivity index (χ4v) is 8.92. The Labute approximate surface area is 206 Å². The lowest BCUT2D eigenvalue weighted by Crippen LogP contribution is -2.51. The van der Waals surface area contributed by atoms with E-state index in [1.54, 1.807) is 18.2 Å². The van der Waals surface area contributed by atoms with E-state index in [0.29, 0.717) is 24.0 Å². The number of aromatic hydroxyl groups is 1. The van der Waals surface area contributed by atoms with Gasteiger partial charge in [-0.05, 0) is 97.8 Å². The van der Waals surface area contributed by atoms with Crippen molar-refractivity contribution in [1.29, 1.82) is 0 Å². The molecule has 0 aromatic heterocycles. The second kappa shape index (κ2) is 8.63. The van der Waals surface area contributed by atoms with Crippen LogP contribution in [-0.4, -0.2) is 36.0 Å². The largest absolute Gasteiger partial charge is 0.508 e. The molecule has 0 radical (unpaired) electrons. The number of Topliss-reactive ketones (excluding diaryl/α,β-unsaturated/α-hetero) is 1. The number of esters is 2. The second-order valence-electron chi connectivity index (χ2n) is 12.1. The molecule has 8 rings (SSSR count). The summed E-state index contributed by atoms with van der Waals surface area (Å²) in [6, 6.07) is 4.95. The molecule has 188 valence electrons. The quantitative estimate of drug-likeness (QED) is 0.560. The molecular weight excluding hydrogens is 444 g/mol. The third-order valence-electron chi connectivity index (χ3n) is 9.79. The second-order valence-corrected chi connectivity index (χ2v) is 12.1. The van der Waals surface area contributed by atoms with Gasteiger partial charge in [-0.2, -0.15) is 0 Å². The minimum atomic E-state index is -0.894. The van der Waals surface area contributed by atoms with Gasteiger partial charge in [0.1, 0.15) is 11.5 Å². The highest BCUT2D eigenvalue weighted by Gasteiger charge is 2.58. The topological polar surface area (TPSA) is 89.9 Å². The van der Waals surface area contributed by atoms with E-state index < -0.39 is 29.6 Å². The molecule has 6 heteroatoms. The van der Waals surface area contributed by atoms with Crippen LogP contribution >= 0.6 is 0 Å². The van der Waals surface area contributed by atoms with Gasteiger partial charge in [0.15, 0.2) is 0 Å². The van der Waals surface area contributed by atoms with Crippen LogP contribution in [0.25, 0.3) is 0 Å². The molecule has 6 bridgehead atoms. The van der Waals surface area contributed by atoms with Crippen molar-refractivity contribution in [3.05, 3.63) is 29.3 Å². The number of phenolic OH excluding ortho intramolecular Hbond substituents is 1. The number of phenols is 1. The summed E-state index contributed by atoms with van der Waals surface area (Å²) in [6.07, 6.45) is 9.73. The molecule has 4 atom stereocenters. The zero-order chi connectivity index (χ0) is 24.3. The number of ether oxygens (including phenoxy) is 2. The van der Waals surface area contributed by atoms with E-state index >= 15 is 0 Å². The average molecular weight is 481 g/mol. The Hall–Kier alpha value is -2.37. The maximum atomic E-state index is 13.6. The van der Waals surface area contributed by atoms with Gasteiger partial charge in [0, 0.05) is 12.3 Å². The summed E-state index contributed by atoms with van der Waals surface area (Å²) in [5.74, 6) is -1.16. The van der Waals surface area contributed by atoms with Gasteiger partial charge in [-0.15, -0.1) is 0 Å². The number of hydrogen-bond donors (Lipinski definition) is 1. The molecular formula is C29H36O6. The zero-order valence-corrected chi connectivity index (χ0v) is 20.5. The Morgan fingerprint density at radius 1 is 0.943 bits per heavy atom. The van der Waals surface area contributed by atoms with Gasteiger partial charge in [-0.3, -0.25) is 14.4 Å². The van der Waals surface area contributed by atoms with E-state index in [1.807, 2.05) is 6.92 Å². The third kappa shape index (κ3) is 3.88. The first-order valence-electron chi connectivity index (χ1n) is 13.6. The standard InChI is InChI=1S/C29H36O6/c1-2-6-34-28(33)26-24-21-11-19(30)3-4-20(21)22(12-23(24)31)25(26)27(32)35-7-5-29-13-16-8-17(14-29)10-18(9-16)15-29/h3-4,11,16-18,22,24-26,30H,2,5-10,12-15H2,1H3. The molecule has 1 aromatic carbocycles. The molecule has 0 amide bonds. The summed E-state index contributed by atoms with van der Waals surface area (Å²) < 4.78 is 11.4. The van der Waals surface area contributed by atoms with Gasteiger partial charge in [0.05, 0.1) is 31.0 Å². The summed E-state index contributed by atoms with van der Waals surface area (Å²) in [7, 11) is 0. The van der Waals surface area contributed by atoms with Crippen LogP contribution in [0.15, 0.2) is 18.2 Å². The van der Waals surface area contributed by atoms with E-state index in [0.717, 1.165) is 29.7 Å². The van der Waals surface area contributed by atoms with E-state index in [-0.39, 0.29) is 30.5 Å². The van der Waals surface area contributed by atoms with E-state index in [2.05, 4.69) is 0 Å². The number of hydrogen-bond acceptors (Lipinski definition) is 6. The molecule has 4 unspecified atom stereocenters. The Morgan fingerprint density at radius 2 is 1.57 bits per heavy atom. The van der Waals surface area contributed by atoms with E-state index in [1.165, 1.54) is 38.5 Å². The predicted octanol–water partition coefficient (Wildman–Crippen LogP) is 4.88. The third-order valence-corrected chi connectivity index (χ3v) is 9.79. The number of carbonyl (C=O) groups is 3. The van der Waals surface area contributed by atoms with Crippen molar-refractivity contribution in [2.75, 3.05) is 13.2 Å². The number of fused-ring (bicyclic) bond motifs is 2. The molecule has 7 aliphatic rings. The van der Waals surface area contributed by atoms with Crippen LogP contribution in [0.5, 0.6) is 5.75 Å². The Kier molecular flexibility index (Phi) is 5.69. The van der Waals surface area contributed by atoms with Crippen molar-refractivity contribution in [3.8, 4) is 5.75 Å². The van der Waals surface area contributed by atoms with Crippen molar-refractivity contribution in [1.82, 2.24) is 0 Å². The molecule has 0 saturated heterocycles. The first kappa shape index (κ1) is 23.1. The SMILES string of the molecule is CCCOC(=O)C1C2C(=O)CC(c3ccc(O)cc32)C1C(=O)OCCC12CC3CC(CC(C3)C1)C2. The van der Waals surface area contributed by atoms with Crippen molar-refractivity contribution >= 4 is 17.7 Å². The highest BCUT2D eigenvalue weighted by atomic mass is 16.5. The minimum Gasteiger partial charge on any atom is -0.508 e. The monoisotopic (exact) mass is 480 g/mol. The van der Waals surface area contributed by atoms with Gasteiger partial charge in [-0.1, -0.05) is 13.0 Å². The number of benzene rings is 1. The zero-order valence-electron chi connectivity index (χ0n) is 20.5. The fraction of sp³-hybridized carbons (Fsp3) is 0.690. The van der Waals surface area contributed by atoms with Gasteiger partial charge >= 0.3 is 11.9 Å². The summed E-state index contributed by atoms with van der Waals surface area (Å²) in [5.41, 5.74) is 1.84. The Morgan fingerprint density at radius 3 is 2.23 bits per heavy atom. The number of carbonyl (C=O) groups excluding carboxylic acids is 3. The molecule has 1 N–H and O–H groups in total. The molecule has 0 aliphatic heterocycles. The lowest BCUT2D eigenvalue weighted by molar-refractivity contribution is -0.168. The fourth-order valence-electron chi connectivity index (χ4n) is 8.92. The molecule has 0 heterocycles. The minimum absolute atomic E-state index is 0.0551. The Bertz CT molecular complexity index is 1010. The predicted molar refractivity (Wildman–Crippen MR) is 128 cm³/mol. The highest BCUT2D eigenvalue weighted by Crippen LogP contribution is 2.61. The van der Waals surface area contributed by atoms with Crippen molar-refractivity contribution in [3.63, 3.8) is 0 Å². The molecule has 5 saturated carbocycles. The number of ketones is 1. The van der Waals surface area contributed by atoms with Crippen LogP contribution in [0.3, 0.4) is 0 Å². The smallest absolute Gasteiger partial charge is 0.310 e. The van der Waals surface area contributed by atoms with Gasteiger partial charge < -0.3 is 14.6 Å². The van der Waals surface area contributed by atoms with Crippen molar-refractivity contribution < 1.29 is 29.0 Å². The van der Waals surface area contributed by atoms with Crippen molar-refractivity contribution in [2.45, 2.75) is 76.5 Å². The Balaban J connectivity index is 1.22. The summed E-state index contributed by atoms with van der Waals surface area (Å²) in [5, 5.41) is 10.1. The molecule has 1 aromatic rings. The van der Waals surface area contributed by atoms with Crippen LogP contribution < -0.4 is 0 Å². The first-order chi connectivity index (χ1) is 16.9. The van der Waals surface area contributed by atoms with Crippen LogP contribution in [-0.2, 0) is 23.9 Å². The van der Waals surface area contributed by atoms with Crippen LogP contribution in [0.4, 0.5) is 0 Å². The van der Waals surface area contributed by atoms with E-state index in [9.17, 15) is 19.5 Å². The highest BCUT2D eigenvalue weighted by molar-refractivity contribution is 5.99. The van der Waals surface area contributed by atoms with Crippen LogP contribution in [0.2, 0.25) is 0 Å². The van der Waals surface area contributed by atoms with Gasteiger partial charge in [0.2, 0.25) is 0 Å². The van der Waals surface area contributed by atoms with Crippen LogP contribution in [0, 0.1) is 35.0 Å². The van der Waals surface area contributed by atoms with Gasteiger partial charge in [0.25, 0.3) is 0 Å². The van der Waals surface area contributed by atoms with E-state index in [4.69, 9.17) is 9.47 Å². The van der Waals surface area contributed by atoms with Gasteiger partial charge in [-0.25, -0.2) is 0 Å². The molecule has 35 heavy (non-hydrogen) atoms. The first-order valence-corrected chi connectivity index (χ1v) is 13.6.